The molecule has 0 aromatic carbocycles. The van der Waals surface area contributed by atoms with Crippen molar-refractivity contribution in [2.75, 3.05) is 19.7 Å². The maximum Gasteiger partial charge on any atom is 0.374 e. The van der Waals surface area contributed by atoms with Crippen molar-refractivity contribution in [3.63, 3.8) is 0 Å². The molecule has 0 spiro atoms. The summed E-state index contributed by atoms with van der Waals surface area (Å²) in [6, 6.07) is 3.32. The van der Waals surface area contributed by atoms with Gasteiger partial charge in [0.05, 0.1) is 6.61 Å². The van der Waals surface area contributed by atoms with Gasteiger partial charge in [0.15, 0.2) is 5.96 Å². The number of hydrogen-bond donors (Lipinski definition) is 1. The molecule has 1 aromatic heterocycles. The van der Waals surface area contributed by atoms with Gasteiger partial charge in [-0.3, -0.25) is 0 Å². The van der Waals surface area contributed by atoms with E-state index in [9.17, 15) is 4.79 Å². The summed E-state index contributed by atoms with van der Waals surface area (Å²) in [6.07, 6.45) is 2.38. The Morgan fingerprint density at radius 3 is 3.10 bits per heavy atom. The highest BCUT2D eigenvalue weighted by Crippen LogP contribution is 2.15. The smallest absolute Gasteiger partial charge is 0.374 e. The first-order valence-electron chi connectivity index (χ1n) is 7.40. The van der Waals surface area contributed by atoms with Gasteiger partial charge < -0.3 is 19.8 Å². The van der Waals surface area contributed by atoms with E-state index >= 15 is 0 Å². The number of esters is 1. The van der Waals surface area contributed by atoms with Gasteiger partial charge in [0.2, 0.25) is 5.76 Å². The van der Waals surface area contributed by atoms with E-state index in [1.165, 1.54) is 6.42 Å². The minimum Gasteiger partial charge on any atom is -0.460 e. The molecule has 0 radical (unpaired) electrons. The van der Waals surface area contributed by atoms with E-state index in [2.05, 4.69) is 16.8 Å². The van der Waals surface area contributed by atoms with Crippen LogP contribution >= 0.6 is 0 Å². The zero-order chi connectivity index (χ0) is 15.2. The summed E-state index contributed by atoms with van der Waals surface area (Å²) in [5, 5.41) is 0. The van der Waals surface area contributed by atoms with E-state index in [1.54, 1.807) is 19.1 Å². The van der Waals surface area contributed by atoms with Gasteiger partial charge in [-0.1, -0.05) is 6.92 Å². The van der Waals surface area contributed by atoms with Gasteiger partial charge in [-0.05, 0) is 37.8 Å². The van der Waals surface area contributed by atoms with Crippen LogP contribution in [-0.4, -0.2) is 36.5 Å². The second-order valence-electron chi connectivity index (χ2n) is 5.35. The van der Waals surface area contributed by atoms with Gasteiger partial charge in [-0.25, -0.2) is 9.79 Å². The number of nitrogens with zero attached hydrogens (tertiary/aromatic N) is 2. The lowest BCUT2D eigenvalue weighted by atomic mass is 10.0. The summed E-state index contributed by atoms with van der Waals surface area (Å²) in [5.41, 5.74) is 6.02. The first kappa shape index (κ1) is 15.4. The third-order valence-corrected chi connectivity index (χ3v) is 3.52. The van der Waals surface area contributed by atoms with Crippen molar-refractivity contribution in [2.45, 2.75) is 33.2 Å². The quantitative estimate of drug-likeness (QED) is 0.521. The molecule has 1 fully saturated rings. The Labute approximate surface area is 125 Å². The molecular formula is C15H23N3O3. The molecule has 0 saturated carbocycles. The number of nitrogens with two attached hydrogens (primary N) is 1. The Bertz CT molecular complexity index is 510. The lowest BCUT2D eigenvalue weighted by Crippen LogP contribution is -2.43. The fourth-order valence-electron chi connectivity index (χ4n) is 2.43. The number of carbonyl (C=O) groups excluding carboxylic acids is 1. The van der Waals surface area contributed by atoms with Crippen LogP contribution in [0.15, 0.2) is 21.5 Å². The Morgan fingerprint density at radius 2 is 2.38 bits per heavy atom. The molecule has 1 saturated heterocycles. The van der Waals surface area contributed by atoms with Crippen LogP contribution in [0.25, 0.3) is 0 Å². The molecule has 0 amide bonds. The minimum absolute atomic E-state index is 0.201. The number of likely N-dealkylation sites (tertiary alicyclic amines) is 1. The van der Waals surface area contributed by atoms with Crippen LogP contribution in [-0.2, 0) is 11.3 Å². The minimum atomic E-state index is -0.453. The standard InChI is InChI=1S/C15H23N3O3/c1-3-20-14(19)13-7-6-12(21-13)9-17-15(16)18-8-4-5-11(2)10-18/h6-7,11H,3-5,8-10H2,1-2H3,(H2,16,17). The Morgan fingerprint density at radius 1 is 1.57 bits per heavy atom. The average molecular weight is 293 g/mol. The van der Waals surface area contributed by atoms with E-state index in [1.807, 2.05) is 0 Å². The van der Waals surface area contributed by atoms with Crippen molar-refractivity contribution < 1.29 is 13.9 Å². The van der Waals surface area contributed by atoms with Crippen LogP contribution in [0.2, 0.25) is 0 Å². The molecule has 2 N–H and O–H groups in total. The zero-order valence-electron chi connectivity index (χ0n) is 12.7. The predicted molar refractivity (Wildman–Crippen MR) is 80.0 cm³/mol. The number of piperidine rings is 1. The van der Waals surface area contributed by atoms with Crippen LogP contribution in [0.4, 0.5) is 0 Å². The summed E-state index contributed by atoms with van der Waals surface area (Å²) in [5.74, 6) is 1.53. The number of furan rings is 1. The van der Waals surface area contributed by atoms with Crippen molar-refractivity contribution in [3.8, 4) is 0 Å². The molecule has 2 heterocycles. The third kappa shape index (κ3) is 4.24. The molecule has 1 aliphatic heterocycles. The van der Waals surface area contributed by atoms with Crippen LogP contribution < -0.4 is 5.73 Å². The van der Waals surface area contributed by atoms with Crippen molar-refractivity contribution in [1.82, 2.24) is 4.90 Å². The van der Waals surface area contributed by atoms with Crippen LogP contribution in [0.1, 0.15) is 43.0 Å². The fourth-order valence-corrected chi connectivity index (χ4v) is 2.43. The summed E-state index contributed by atoms with van der Waals surface area (Å²) in [6.45, 7) is 6.53. The highest BCUT2D eigenvalue weighted by molar-refractivity contribution is 5.86. The number of rotatable bonds is 4. The fraction of sp³-hybridized carbons (Fsp3) is 0.600. The van der Waals surface area contributed by atoms with Crippen molar-refractivity contribution in [2.24, 2.45) is 16.6 Å². The van der Waals surface area contributed by atoms with E-state index in [4.69, 9.17) is 14.9 Å². The molecule has 2 rings (SSSR count). The number of aliphatic imine (C=N–C) groups is 1. The molecule has 0 bridgehead atoms. The van der Waals surface area contributed by atoms with Crippen LogP contribution in [0.5, 0.6) is 0 Å². The summed E-state index contributed by atoms with van der Waals surface area (Å²) in [4.78, 5) is 17.9. The molecule has 1 aliphatic rings. The maximum atomic E-state index is 11.5. The van der Waals surface area contributed by atoms with Gasteiger partial charge in [-0.15, -0.1) is 0 Å². The summed E-state index contributed by atoms with van der Waals surface area (Å²) < 4.78 is 10.3. The number of carbonyl (C=O) groups is 1. The third-order valence-electron chi connectivity index (χ3n) is 3.52. The molecule has 1 unspecified atom stereocenters. The van der Waals surface area contributed by atoms with Gasteiger partial charge in [-0.2, -0.15) is 0 Å². The molecule has 1 aromatic rings. The molecule has 6 heteroatoms. The Hall–Kier alpha value is -1.98. The van der Waals surface area contributed by atoms with Crippen molar-refractivity contribution >= 4 is 11.9 Å². The second kappa shape index (κ2) is 7.15. The molecule has 6 nitrogen and oxygen atoms in total. The topological polar surface area (TPSA) is 81.1 Å². The molecule has 116 valence electrons. The van der Waals surface area contributed by atoms with E-state index in [0.717, 1.165) is 19.5 Å². The number of ether oxygens (including phenoxy) is 1. The lowest BCUT2D eigenvalue weighted by Gasteiger charge is -2.31. The van der Waals surface area contributed by atoms with Gasteiger partial charge in [0.1, 0.15) is 12.3 Å². The molecule has 0 aliphatic carbocycles. The highest BCUT2D eigenvalue weighted by Gasteiger charge is 2.18. The van der Waals surface area contributed by atoms with Gasteiger partial charge in [0, 0.05) is 13.1 Å². The highest BCUT2D eigenvalue weighted by atomic mass is 16.5. The van der Waals surface area contributed by atoms with Gasteiger partial charge in [0.25, 0.3) is 0 Å². The van der Waals surface area contributed by atoms with Gasteiger partial charge >= 0.3 is 5.97 Å². The molecule has 1 atom stereocenters. The predicted octanol–water partition coefficient (Wildman–Crippen LogP) is 2.00. The number of hydrogen-bond acceptors (Lipinski definition) is 4. The normalized spacial score (nSPS) is 19.6. The van der Waals surface area contributed by atoms with E-state index < -0.39 is 5.97 Å². The Kier molecular flexibility index (Phi) is 5.25. The van der Waals surface area contributed by atoms with Crippen LogP contribution in [0.3, 0.4) is 0 Å². The molecule has 21 heavy (non-hydrogen) atoms. The van der Waals surface area contributed by atoms with E-state index in [-0.39, 0.29) is 5.76 Å². The van der Waals surface area contributed by atoms with Crippen LogP contribution in [0, 0.1) is 5.92 Å². The first-order chi connectivity index (χ1) is 10.1. The largest absolute Gasteiger partial charge is 0.460 e. The van der Waals surface area contributed by atoms with E-state index in [0.29, 0.717) is 30.8 Å². The summed E-state index contributed by atoms with van der Waals surface area (Å²) >= 11 is 0. The summed E-state index contributed by atoms with van der Waals surface area (Å²) in [7, 11) is 0. The first-order valence-corrected chi connectivity index (χ1v) is 7.40. The molecular weight excluding hydrogens is 270 g/mol. The monoisotopic (exact) mass is 293 g/mol. The Balaban J connectivity index is 1.92. The van der Waals surface area contributed by atoms with Crippen molar-refractivity contribution in [3.05, 3.63) is 23.7 Å². The lowest BCUT2D eigenvalue weighted by molar-refractivity contribution is 0.0488. The second-order valence-corrected chi connectivity index (χ2v) is 5.35. The number of guanidine groups is 1. The van der Waals surface area contributed by atoms with Crippen molar-refractivity contribution in [1.29, 1.82) is 0 Å². The SMILES string of the molecule is CCOC(=O)c1ccc(CN=C(N)N2CCCC(C)C2)o1. The average Bonchev–Trinajstić information content (AvgIpc) is 2.94. The maximum absolute atomic E-state index is 11.5. The zero-order valence-corrected chi connectivity index (χ0v) is 12.7.